The van der Waals surface area contributed by atoms with Crippen LogP contribution in [0.5, 0.6) is 11.5 Å². The number of methoxy groups -OCH3 is 1. The van der Waals surface area contributed by atoms with E-state index < -0.39 is 0 Å². The van der Waals surface area contributed by atoms with Crippen LogP contribution >= 0.6 is 15.9 Å². The predicted molar refractivity (Wildman–Crippen MR) is 85.9 cm³/mol. The molecule has 0 amide bonds. The molecule has 0 atom stereocenters. The van der Waals surface area contributed by atoms with E-state index in [2.05, 4.69) is 15.9 Å². The number of halogens is 1. The predicted octanol–water partition coefficient (Wildman–Crippen LogP) is 4.30. The molecule has 1 rings (SSSR count). The Hall–Kier alpha value is -0.740. The van der Waals surface area contributed by atoms with Gasteiger partial charge in [-0.2, -0.15) is 0 Å². The van der Waals surface area contributed by atoms with Gasteiger partial charge in [-0.1, -0.05) is 47.7 Å². The summed E-state index contributed by atoms with van der Waals surface area (Å²) < 4.78 is 11.0. The van der Waals surface area contributed by atoms with Crippen LogP contribution < -0.4 is 9.47 Å². The second-order valence-corrected chi connectivity index (χ2v) is 5.60. The molecule has 0 fully saturated rings. The van der Waals surface area contributed by atoms with Crippen molar-refractivity contribution in [1.29, 1.82) is 0 Å². The van der Waals surface area contributed by atoms with Gasteiger partial charge in [-0.05, 0) is 30.5 Å². The zero-order valence-electron chi connectivity index (χ0n) is 12.2. The maximum Gasteiger partial charge on any atom is 0.161 e. The molecule has 0 aliphatic carbocycles. The van der Waals surface area contributed by atoms with Crippen LogP contribution in [0.2, 0.25) is 0 Å². The third-order valence-electron chi connectivity index (χ3n) is 3.20. The van der Waals surface area contributed by atoms with Gasteiger partial charge >= 0.3 is 0 Å². The van der Waals surface area contributed by atoms with E-state index in [1.54, 1.807) is 7.11 Å². The van der Waals surface area contributed by atoms with Gasteiger partial charge in [0.25, 0.3) is 0 Å². The first-order chi connectivity index (χ1) is 9.81. The molecule has 0 aliphatic heterocycles. The van der Waals surface area contributed by atoms with Crippen molar-refractivity contribution in [3.8, 4) is 11.5 Å². The normalized spacial score (nSPS) is 10.6. The number of hydrogen-bond donors (Lipinski definition) is 1. The molecule has 0 saturated carbocycles. The Balaban J connectivity index is 2.21. The Morgan fingerprint density at radius 1 is 1.00 bits per heavy atom. The molecule has 0 unspecified atom stereocenters. The lowest BCUT2D eigenvalue weighted by Crippen LogP contribution is -2.00. The van der Waals surface area contributed by atoms with Gasteiger partial charge in [0.1, 0.15) is 0 Å². The van der Waals surface area contributed by atoms with Crippen molar-refractivity contribution in [1.82, 2.24) is 0 Å². The molecule has 0 radical (unpaired) electrons. The zero-order chi connectivity index (χ0) is 14.6. The van der Waals surface area contributed by atoms with Crippen LogP contribution in [0.4, 0.5) is 0 Å². The Morgan fingerprint density at radius 3 is 2.35 bits per heavy atom. The number of hydrogen-bond acceptors (Lipinski definition) is 3. The summed E-state index contributed by atoms with van der Waals surface area (Å²) in [6, 6.07) is 5.54. The minimum atomic E-state index is 0.0189. The standard InChI is InChI=1S/C16H25BrO3/c1-19-16-12-14(13-18)8-9-15(16)20-11-7-5-3-2-4-6-10-17/h8-9,12,18H,2-7,10-11,13H2,1H3. The van der Waals surface area contributed by atoms with E-state index in [0.717, 1.165) is 23.1 Å². The van der Waals surface area contributed by atoms with Gasteiger partial charge in [-0.25, -0.2) is 0 Å². The highest BCUT2D eigenvalue weighted by atomic mass is 79.9. The fraction of sp³-hybridized carbons (Fsp3) is 0.625. The van der Waals surface area contributed by atoms with E-state index in [4.69, 9.17) is 14.6 Å². The van der Waals surface area contributed by atoms with Gasteiger partial charge in [0.2, 0.25) is 0 Å². The summed E-state index contributed by atoms with van der Waals surface area (Å²) in [6.07, 6.45) is 7.43. The number of aliphatic hydroxyl groups excluding tert-OH is 1. The highest BCUT2D eigenvalue weighted by Gasteiger charge is 2.05. The first kappa shape index (κ1) is 17.3. The van der Waals surface area contributed by atoms with Gasteiger partial charge in [-0.15, -0.1) is 0 Å². The van der Waals surface area contributed by atoms with Crippen LogP contribution in [0, 0.1) is 0 Å². The summed E-state index contributed by atoms with van der Waals surface area (Å²) in [7, 11) is 1.62. The third-order valence-corrected chi connectivity index (χ3v) is 3.76. The molecule has 0 aromatic heterocycles. The van der Waals surface area contributed by atoms with E-state index in [-0.39, 0.29) is 6.61 Å². The van der Waals surface area contributed by atoms with Crippen molar-refractivity contribution in [2.75, 3.05) is 19.0 Å². The number of aliphatic hydroxyl groups is 1. The summed E-state index contributed by atoms with van der Waals surface area (Å²) in [4.78, 5) is 0. The van der Waals surface area contributed by atoms with Crippen LogP contribution in [0.3, 0.4) is 0 Å². The van der Waals surface area contributed by atoms with Crippen LogP contribution in [-0.2, 0) is 6.61 Å². The second kappa shape index (κ2) is 11.0. The summed E-state index contributed by atoms with van der Waals surface area (Å²) in [6.45, 7) is 0.734. The fourth-order valence-electron chi connectivity index (χ4n) is 2.02. The lowest BCUT2D eigenvalue weighted by molar-refractivity contribution is 0.274. The van der Waals surface area contributed by atoms with Gasteiger partial charge in [0, 0.05) is 5.33 Å². The van der Waals surface area contributed by atoms with Gasteiger partial charge in [-0.3, -0.25) is 0 Å². The minimum Gasteiger partial charge on any atom is -0.493 e. The molecule has 0 aliphatic rings. The van der Waals surface area contributed by atoms with Gasteiger partial charge in [0.15, 0.2) is 11.5 Å². The largest absolute Gasteiger partial charge is 0.493 e. The smallest absolute Gasteiger partial charge is 0.161 e. The van der Waals surface area contributed by atoms with Gasteiger partial charge < -0.3 is 14.6 Å². The molecule has 1 N–H and O–H groups in total. The highest BCUT2D eigenvalue weighted by molar-refractivity contribution is 9.09. The van der Waals surface area contributed by atoms with Crippen LogP contribution in [-0.4, -0.2) is 24.2 Å². The maximum atomic E-state index is 9.08. The third kappa shape index (κ3) is 6.62. The Labute approximate surface area is 130 Å². The Kier molecular flexibility index (Phi) is 9.50. The molecule has 0 saturated heterocycles. The van der Waals surface area contributed by atoms with Crippen molar-refractivity contribution in [3.63, 3.8) is 0 Å². The molecule has 4 heteroatoms. The number of benzene rings is 1. The SMILES string of the molecule is COc1cc(CO)ccc1OCCCCCCCCBr. The topological polar surface area (TPSA) is 38.7 Å². The Bertz CT molecular complexity index is 369. The zero-order valence-corrected chi connectivity index (χ0v) is 13.8. The number of rotatable bonds is 11. The Morgan fingerprint density at radius 2 is 1.70 bits per heavy atom. The number of alkyl halides is 1. The quantitative estimate of drug-likeness (QED) is 0.480. The molecule has 1 aromatic carbocycles. The summed E-state index contributed by atoms with van der Waals surface area (Å²) >= 11 is 3.45. The van der Waals surface area contributed by atoms with E-state index in [9.17, 15) is 0 Å². The second-order valence-electron chi connectivity index (χ2n) is 4.80. The van der Waals surface area contributed by atoms with Crippen molar-refractivity contribution in [3.05, 3.63) is 23.8 Å². The van der Waals surface area contributed by atoms with E-state index in [0.29, 0.717) is 12.4 Å². The molecule has 0 heterocycles. The first-order valence-corrected chi connectivity index (χ1v) is 8.40. The van der Waals surface area contributed by atoms with E-state index in [1.165, 1.54) is 32.1 Å². The van der Waals surface area contributed by atoms with E-state index in [1.807, 2.05) is 18.2 Å². The lowest BCUT2D eigenvalue weighted by atomic mass is 10.1. The summed E-state index contributed by atoms with van der Waals surface area (Å²) in [5.74, 6) is 1.44. The number of unbranched alkanes of at least 4 members (excludes halogenated alkanes) is 5. The molecular weight excluding hydrogens is 320 g/mol. The van der Waals surface area contributed by atoms with Crippen molar-refractivity contribution in [2.45, 2.75) is 45.1 Å². The summed E-state index contributed by atoms with van der Waals surface area (Å²) in [5, 5.41) is 10.2. The highest BCUT2D eigenvalue weighted by Crippen LogP contribution is 2.28. The van der Waals surface area contributed by atoms with Crippen LogP contribution in [0.1, 0.15) is 44.1 Å². The lowest BCUT2D eigenvalue weighted by Gasteiger charge is -2.11. The van der Waals surface area contributed by atoms with Crippen molar-refractivity contribution < 1.29 is 14.6 Å². The fourth-order valence-corrected chi connectivity index (χ4v) is 2.41. The van der Waals surface area contributed by atoms with E-state index >= 15 is 0 Å². The molecule has 0 bridgehead atoms. The monoisotopic (exact) mass is 344 g/mol. The number of ether oxygens (including phenoxy) is 2. The van der Waals surface area contributed by atoms with Crippen molar-refractivity contribution >= 4 is 15.9 Å². The average molecular weight is 345 g/mol. The molecule has 20 heavy (non-hydrogen) atoms. The molecule has 0 spiro atoms. The molecular formula is C16H25BrO3. The average Bonchev–Trinajstić information content (AvgIpc) is 2.50. The van der Waals surface area contributed by atoms with Crippen molar-refractivity contribution in [2.24, 2.45) is 0 Å². The summed E-state index contributed by atoms with van der Waals surface area (Å²) in [5.41, 5.74) is 0.834. The molecule has 114 valence electrons. The van der Waals surface area contributed by atoms with Gasteiger partial charge in [0.05, 0.1) is 20.3 Å². The van der Waals surface area contributed by atoms with Crippen LogP contribution in [0.15, 0.2) is 18.2 Å². The molecule has 3 nitrogen and oxygen atoms in total. The maximum absolute atomic E-state index is 9.08. The van der Waals surface area contributed by atoms with Crippen LogP contribution in [0.25, 0.3) is 0 Å². The molecule has 1 aromatic rings. The minimum absolute atomic E-state index is 0.0189. The first-order valence-electron chi connectivity index (χ1n) is 7.28.